The van der Waals surface area contributed by atoms with E-state index < -0.39 is 0 Å². The molecule has 0 saturated heterocycles. The standard InChI is InChI=1S/C15H14N4OS/c1-2-9-5-3-4-6-10(9)19-14(20)13-11(16)12-15(21-13)18-8-7-17-12/h3-8H,2,16H2,1H3,(H,19,20). The van der Waals surface area contributed by atoms with Gasteiger partial charge in [0.2, 0.25) is 0 Å². The number of para-hydroxylation sites is 1. The predicted molar refractivity (Wildman–Crippen MR) is 85.6 cm³/mol. The summed E-state index contributed by atoms with van der Waals surface area (Å²) in [5.41, 5.74) is 8.87. The number of thiophene rings is 1. The quantitative estimate of drug-likeness (QED) is 0.778. The molecule has 3 aromatic rings. The molecule has 0 aliphatic heterocycles. The van der Waals surface area contributed by atoms with Gasteiger partial charge in [-0.3, -0.25) is 4.79 Å². The topological polar surface area (TPSA) is 80.9 Å². The number of fused-ring (bicyclic) bond motifs is 1. The van der Waals surface area contributed by atoms with Crippen LogP contribution in [0.1, 0.15) is 22.2 Å². The second-order valence-corrected chi connectivity index (χ2v) is 5.52. The average Bonchev–Trinajstić information content (AvgIpc) is 2.85. The maximum Gasteiger partial charge on any atom is 0.268 e. The molecule has 0 fully saturated rings. The monoisotopic (exact) mass is 298 g/mol. The van der Waals surface area contributed by atoms with Crippen molar-refractivity contribution in [1.82, 2.24) is 9.97 Å². The van der Waals surface area contributed by atoms with Crippen LogP contribution in [0.5, 0.6) is 0 Å². The van der Waals surface area contributed by atoms with E-state index in [1.54, 1.807) is 12.4 Å². The molecule has 0 bridgehead atoms. The molecule has 0 saturated carbocycles. The van der Waals surface area contributed by atoms with E-state index in [9.17, 15) is 4.79 Å². The molecule has 106 valence electrons. The van der Waals surface area contributed by atoms with Gasteiger partial charge in [0.25, 0.3) is 5.91 Å². The number of nitrogen functional groups attached to an aromatic ring is 1. The highest BCUT2D eigenvalue weighted by Gasteiger charge is 2.18. The highest BCUT2D eigenvalue weighted by atomic mass is 32.1. The first kappa shape index (κ1) is 13.5. The van der Waals surface area contributed by atoms with Gasteiger partial charge in [-0.05, 0) is 18.1 Å². The van der Waals surface area contributed by atoms with E-state index >= 15 is 0 Å². The van der Waals surface area contributed by atoms with E-state index in [-0.39, 0.29) is 5.91 Å². The summed E-state index contributed by atoms with van der Waals surface area (Å²) in [5.74, 6) is -0.224. The van der Waals surface area contributed by atoms with Gasteiger partial charge in [0.1, 0.15) is 15.2 Å². The lowest BCUT2D eigenvalue weighted by Gasteiger charge is -2.08. The minimum Gasteiger partial charge on any atom is -0.396 e. The average molecular weight is 298 g/mol. The molecule has 5 nitrogen and oxygen atoms in total. The third-order valence-electron chi connectivity index (χ3n) is 3.22. The maximum atomic E-state index is 12.4. The molecule has 3 rings (SSSR count). The molecular formula is C15H14N4OS. The third kappa shape index (κ3) is 2.45. The first-order chi connectivity index (χ1) is 10.2. The second-order valence-electron chi connectivity index (χ2n) is 4.52. The molecule has 0 aliphatic rings. The summed E-state index contributed by atoms with van der Waals surface area (Å²) in [4.78, 5) is 21.9. The molecular weight excluding hydrogens is 284 g/mol. The number of benzene rings is 1. The summed E-state index contributed by atoms with van der Waals surface area (Å²) >= 11 is 1.25. The summed E-state index contributed by atoms with van der Waals surface area (Å²) in [6.45, 7) is 2.05. The fourth-order valence-electron chi connectivity index (χ4n) is 2.14. The van der Waals surface area contributed by atoms with Gasteiger partial charge < -0.3 is 11.1 Å². The summed E-state index contributed by atoms with van der Waals surface area (Å²) in [6.07, 6.45) is 4.01. The number of rotatable bonds is 3. The molecule has 0 unspecified atom stereocenters. The van der Waals surface area contributed by atoms with Crippen molar-refractivity contribution in [3.8, 4) is 0 Å². The second kappa shape index (κ2) is 5.49. The Hall–Kier alpha value is -2.47. The molecule has 0 atom stereocenters. The van der Waals surface area contributed by atoms with Gasteiger partial charge in [0.05, 0.1) is 5.69 Å². The van der Waals surface area contributed by atoms with E-state index in [0.717, 1.165) is 17.7 Å². The van der Waals surface area contributed by atoms with Crippen molar-refractivity contribution < 1.29 is 4.79 Å². The van der Waals surface area contributed by atoms with Crippen molar-refractivity contribution in [2.45, 2.75) is 13.3 Å². The molecule has 2 aromatic heterocycles. The van der Waals surface area contributed by atoms with Gasteiger partial charge in [-0.2, -0.15) is 0 Å². The molecule has 1 amide bonds. The molecule has 0 spiro atoms. The van der Waals surface area contributed by atoms with Crippen molar-refractivity contribution in [3.05, 3.63) is 47.1 Å². The lowest BCUT2D eigenvalue weighted by atomic mass is 10.1. The number of hydrogen-bond acceptors (Lipinski definition) is 5. The minimum atomic E-state index is -0.224. The summed E-state index contributed by atoms with van der Waals surface area (Å²) < 4.78 is 0. The van der Waals surface area contributed by atoms with Crippen LogP contribution in [0.25, 0.3) is 10.3 Å². The number of anilines is 2. The van der Waals surface area contributed by atoms with Gasteiger partial charge in [0, 0.05) is 18.1 Å². The molecule has 3 N–H and O–H groups in total. The van der Waals surface area contributed by atoms with Crippen molar-refractivity contribution in [2.24, 2.45) is 0 Å². The Morgan fingerprint density at radius 2 is 2.05 bits per heavy atom. The van der Waals surface area contributed by atoms with Crippen LogP contribution in [0.15, 0.2) is 36.7 Å². The number of aryl methyl sites for hydroxylation is 1. The first-order valence-electron chi connectivity index (χ1n) is 6.59. The smallest absolute Gasteiger partial charge is 0.268 e. The van der Waals surface area contributed by atoms with Gasteiger partial charge in [-0.15, -0.1) is 11.3 Å². The molecule has 2 heterocycles. The largest absolute Gasteiger partial charge is 0.396 e. The van der Waals surface area contributed by atoms with Crippen molar-refractivity contribution in [2.75, 3.05) is 11.1 Å². The number of carbonyl (C=O) groups is 1. The highest BCUT2D eigenvalue weighted by molar-refractivity contribution is 7.21. The Balaban J connectivity index is 1.96. The number of hydrogen-bond donors (Lipinski definition) is 2. The zero-order chi connectivity index (χ0) is 14.8. The lowest BCUT2D eigenvalue weighted by molar-refractivity contribution is 0.103. The van der Waals surface area contributed by atoms with E-state index in [4.69, 9.17) is 5.73 Å². The predicted octanol–water partition coefficient (Wildman–Crippen LogP) is 3.09. The van der Waals surface area contributed by atoms with E-state index in [2.05, 4.69) is 15.3 Å². The number of carbonyl (C=O) groups excluding carboxylic acids is 1. The molecule has 0 radical (unpaired) electrons. The van der Waals surface area contributed by atoms with Crippen LogP contribution in [-0.2, 0) is 6.42 Å². The molecule has 21 heavy (non-hydrogen) atoms. The molecule has 0 aliphatic carbocycles. The fraction of sp³-hybridized carbons (Fsp3) is 0.133. The van der Waals surface area contributed by atoms with E-state index in [1.165, 1.54) is 11.3 Å². The van der Waals surface area contributed by atoms with Crippen molar-refractivity contribution >= 4 is 39.0 Å². The van der Waals surface area contributed by atoms with Crippen LogP contribution in [0.2, 0.25) is 0 Å². The Bertz CT molecular complexity index is 812. The van der Waals surface area contributed by atoms with Crippen LogP contribution >= 0.6 is 11.3 Å². The number of nitrogens with one attached hydrogen (secondary N) is 1. The molecule has 1 aromatic carbocycles. The molecule has 6 heteroatoms. The van der Waals surface area contributed by atoms with Gasteiger partial charge in [-0.25, -0.2) is 9.97 Å². The van der Waals surface area contributed by atoms with Crippen LogP contribution in [0.4, 0.5) is 11.4 Å². The highest BCUT2D eigenvalue weighted by Crippen LogP contribution is 2.31. The van der Waals surface area contributed by atoms with Crippen LogP contribution in [0, 0.1) is 0 Å². The number of nitrogens with zero attached hydrogens (tertiary/aromatic N) is 2. The first-order valence-corrected chi connectivity index (χ1v) is 7.40. The normalized spacial score (nSPS) is 10.7. The summed E-state index contributed by atoms with van der Waals surface area (Å²) in [6, 6.07) is 7.73. The van der Waals surface area contributed by atoms with Crippen LogP contribution in [-0.4, -0.2) is 15.9 Å². The Morgan fingerprint density at radius 1 is 1.29 bits per heavy atom. The van der Waals surface area contributed by atoms with Crippen molar-refractivity contribution in [1.29, 1.82) is 0 Å². The van der Waals surface area contributed by atoms with E-state index in [1.807, 2.05) is 31.2 Å². The Labute approximate surface area is 125 Å². The number of aromatic nitrogens is 2. The van der Waals surface area contributed by atoms with E-state index in [0.29, 0.717) is 20.9 Å². The summed E-state index contributed by atoms with van der Waals surface area (Å²) in [7, 11) is 0. The maximum absolute atomic E-state index is 12.4. The Kier molecular flexibility index (Phi) is 3.53. The zero-order valence-electron chi connectivity index (χ0n) is 11.5. The van der Waals surface area contributed by atoms with Crippen LogP contribution < -0.4 is 11.1 Å². The minimum absolute atomic E-state index is 0.224. The third-order valence-corrected chi connectivity index (χ3v) is 4.32. The SMILES string of the molecule is CCc1ccccc1NC(=O)c1sc2nccnc2c1N. The van der Waals surface area contributed by atoms with Gasteiger partial charge in [-0.1, -0.05) is 25.1 Å². The summed E-state index contributed by atoms with van der Waals surface area (Å²) in [5, 5.41) is 2.92. The number of nitrogens with two attached hydrogens (primary N) is 1. The van der Waals surface area contributed by atoms with Crippen LogP contribution in [0.3, 0.4) is 0 Å². The number of amides is 1. The Morgan fingerprint density at radius 3 is 2.81 bits per heavy atom. The lowest BCUT2D eigenvalue weighted by Crippen LogP contribution is -2.13. The van der Waals surface area contributed by atoms with Gasteiger partial charge >= 0.3 is 0 Å². The fourth-order valence-corrected chi connectivity index (χ4v) is 3.06. The van der Waals surface area contributed by atoms with Gasteiger partial charge in [0.15, 0.2) is 0 Å². The zero-order valence-corrected chi connectivity index (χ0v) is 12.3. The van der Waals surface area contributed by atoms with Crippen molar-refractivity contribution in [3.63, 3.8) is 0 Å².